The summed E-state index contributed by atoms with van der Waals surface area (Å²) in [6, 6.07) is 17.8. The number of amides is 1. The fourth-order valence-corrected chi connectivity index (χ4v) is 3.31. The van der Waals surface area contributed by atoms with E-state index in [-0.39, 0.29) is 5.91 Å². The second-order valence-electron chi connectivity index (χ2n) is 6.92. The molecule has 0 unspecified atom stereocenters. The third kappa shape index (κ3) is 4.71. The van der Waals surface area contributed by atoms with Gasteiger partial charge in [-0.25, -0.2) is 0 Å². The Morgan fingerprint density at radius 1 is 1.11 bits per heavy atom. The van der Waals surface area contributed by atoms with E-state index in [9.17, 15) is 4.79 Å². The van der Waals surface area contributed by atoms with Crippen LogP contribution in [0.5, 0.6) is 5.75 Å². The van der Waals surface area contributed by atoms with Crippen molar-refractivity contribution in [2.24, 2.45) is 0 Å². The van der Waals surface area contributed by atoms with E-state index in [1.165, 1.54) is 0 Å². The van der Waals surface area contributed by atoms with Gasteiger partial charge in [0.1, 0.15) is 18.1 Å². The number of rotatable bonds is 7. The summed E-state index contributed by atoms with van der Waals surface area (Å²) in [7, 11) is 0. The molecule has 2 N–H and O–H groups in total. The molecule has 0 spiro atoms. The number of hydrogen-bond donors (Lipinski definition) is 2. The first kappa shape index (κ1) is 18.5. The largest absolute Gasteiger partial charge is 0.489 e. The lowest BCUT2D eigenvalue weighted by Gasteiger charge is -2.26. The maximum absolute atomic E-state index is 12.4. The third-order valence-corrected chi connectivity index (χ3v) is 4.90. The fourth-order valence-electron chi connectivity index (χ4n) is 3.31. The van der Waals surface area contributed by atoms with Crippen LogP contribution in [-0.4, -0.2) is 55.2 Å². The predicted octanol–water partition coefficient (Wildman–Crippen LogP) is 2.81. The molecule has 0 atom stereocenters. The summed E-state index contributed by atoms with van der Waals surface area (Å²) >= 11 is 0. The molecule has 28 heavy (non-hydrogen) atoms. The molecule has 0 radical (unpaired) electrons. The van der Waals surface area contributed by atoms with Gasteiger partial charge in [-0.05, 0) is 23.8 Å². The number of carbonyl (C=O) groups excluding carboxylic acids is 1. The topological polar surface area (TPSA) is 66.6 Å². The van der Waals surface area contributed by atoms with Crippen LogP contribution in [0.25, 0.3) is 10.9 Å². The molecular formula is C22H25N3O3. The van der Waals surface area contributed by atoms with Crippen LogP contribution in [0.2, 0.25) is 0 Å². The minimum Gasteiger partial charge on any atom is -0.489 e. The van der Waals surface area contributed by atoms with Gasteiger partial charge >= 0.3 is 0 Å². The molecule has 0 saturated carbocycles. The van der Waals surface area contributed by atoms with Crippen LogP contribution < -0.4 is 10.1 Å². The second-order valence-corrected chi connectivity index (χ2v) is 6.92. The molecule has 6 nitrogen and oxygen atoms in total. The first-order valence-corrected chi connectivity index (χ1v) is 9.66. The zero-order valence-electron chi connectivity index (χ0n) is 15.8. The number of fused-ring (bicyclic) bond motifs is 1. The van der Waals surface area contributed by atoms with E-state index in [2.05, 4.69) is 15.2 Å². The van der Waals surface area contributed by atoms with Crippen molar-refractivity contribution in [3.8, 4) is 5.75 Å². The third-order valence-electron chi connectivity index (χ3n) is 4.90. The van der Waals surface area contributed by atoms with E-state index in [0.29, 0.717) is 18.8 Å². The minimum atomic E-state index is -0.0868. The van der Waals surface area contributed by atoms with Gasteiger partial charge < -0.3 is 19.8 Å². The molecule has 1 aromatic heterocycles. The van der Waals surface area contributed by atoms with Gasteiger partial charge in [-0.3, -0.25) is 9.69 Å². The highest BCUT2D eigenvalue weighted by Gasteiger charge is 2.12. The summed E-state index contributed by atoms with van der Waals surface area (Å²) in [6.07, 6.45) is 0. The Kier molecular flexibility index (Phi) is 5.89. The summed E-state index contributed by atoms with van der Waals surface area (Å²) in [5.41, 5.74) is 2.58. The van der Waals surface area contributed by atoms with Crippen LogP contribution >= 0.6 is 0 Å². The molecule has 146 valence electrons. The lowest BCUT2D eigenvalue weighted by Crippen LogP contribution is -2.41. The van der Waals surface area contributed by atoms with Gasteiger partial charge in [-0.1, -0.05) is 30.3 Å². The number of benzene rings is 2. The van der Waals surface area contributed by atoms with Crippen molar-refractivity contribution in [3.63, 3.8) is 0 Å². The van der Waals surface area contributed by atoms with Crippen molar-refractivity contribution < 1.29 is 14.3 Å². The van der Waals surface area contributed by atoms with E-state index < -0.39 is 0 Å². The normalized spacial score (nSPS) is 14.9. The Bertz CT molecular complexity index is 917. The maximum atomic E-state index is 12.4. The molecule has 1 saturated heterocycles. The molecule has 4 rings (SSSR count). The van der Waals surface area contributed by atoms with Gasteiger partial charge in [0, 0.05) is 43.1 Å². The molecule has 1 amide bonds. The van der Waals surface area contributed by atoms with E-state index >= 15 is 0 Å². The van der Waals surface area contributed by atoms with Crippen LogP contribution in [0.3, 0.4) is 0 Å². The Labute approximate surface area is 164 Å². The highest BCUT2D eigenvalue weighted by Crippen LogP contribution is 2.22. The Hall–Kier alpha value is -2.83. The number of H-pyrrole nitrogens is 1. The summed E-state index contributed by atoms with van der Waals surface area (Å²) in [5, 5.41) is 3.98. The first-order chi connectivity index (χ1) is 13.8. The molecule has 1 aliphatic rings. The van der Waals surface area contributed by atoms with Crippen molar-refractivity contribution >= 4 is 16.8 Å². The smallest absolute Gasteiger partial charge is 0.267 e. The van der Waals surface area contributed by atoms with Gasteiger partial charge in [-0.15, -0.1) is 0 Å². The SMILES string of the molecule is O=C(NCCN1CCOCC1)c1cc2ccc(OCc3ccccc3)cc2[nH]1. The van der Waals surface area contributed by atoms with Crippen molar-refractivity contribution in [1.82, 2.24) is 15.2 Å². The van der Waals surface area contributed by atoms with E-state index in [1.807, 2.05) is 54.6 Å². The Morgan fingerprint density at radius 3 is 2.75 bits per heavy atom. The number of ether oxygens (including phenoxy) is 2. The van der Waals surface area contributed by atoms with Gasteiger partial charge in [-0.2, -0.15) is 0 Å². The molecule has 2 heterocycles. The number of nitrogens with zero attached hydrogens (tertiary/aromatic N) is 1. The Balaban J connectivity index is 1.33. The van der Waals surface area contributed by atoms with Gasteiger partial charge in [0.25, 0.3) is 5.91 Å². The van der Waals surface area contributed by atoms with Crippen LogP contribution in [0.15, 0.2) is 54.6 Å². The van der Waals surface area contributed by atoms with Gasteiger partial charge in [0.2, 0.25) is 0 Å². The van der Waals surface area contributed by atoms with Crippen molar-refractivity contribution in [2.75, 3.05) is 39.4 Å². The quantitative estimate of drug-likeness (QED) is 0.663. The molecule has 0 bridgehead atoms. The highest BCUT2D eigenvalue weighted by molar-refractivity contribution is 5.98. The summed E-state index contributed by atoms with van der Waals surface area (Å²) < 4.78 is 11.2. The zero-order chi connectivity index (χ0) is 19.2. The fraction of sp³-hybridized carbons (Fsp3) is 0.318. The lowest BCUT2D eigenvalue weighted by atomic mass is 10.2. The number of hydrogen-bond acceptors (Lipinski definition) is 4. The standard InChI is InChI=1S/C22H25N3O3/c26-22(23-8-9-25-10-12-27-13-11-25)21-14-18-6-7-19(15-20(18)24-21)28-16-17-4-2-1-3-5-17/h1-7,14-15,24H,8-13,16H2,(H,23,26). The second kappa shape index (κ2) is 8.91. The van der Waals surface area contributed by atoms with E-state index in [0.717, 1.165) is 55.1 Å². The van der Waals surface area contributed by atoms with Crippen LogP contribution in [0, 0.1) is 0 Å². The van der Waals surface area contributed by atoms with Gasteiger partial charge in [0.05, 0.1) is 13.2 Å². The predicted molar refractivity (Wildman–Crippen MR) is 109 cm³/mol. The molecular weight excluding hydrogens is 354 g/mol. The van der Waals surface area contributed by atoms with Crippen molar-refractivity contribution in [3.05, 3.63) is 65.9 Å². The highest BCUT2D eigenvalue weighted by atomic mass is 16.5. The molecule has 2 aromatic carbocycles. The van der Waals surface area contributed by atoms with Crippen molar-refractivity contribution in [1.29, 1.82) is 0 Å². The van der Waals surface area contributed by atoms with Gasteiger partial charge in [0.15, 0.2) is 0 Å². The Morgan fingerprint density at radius 2 is 1.93 bits per heavy atom. The van der Waals surface area contributed by atoms with Crippen LogP contribution in [0.4, 0.5) is 0 Å². The molecule has 1 aliphatic heterocycles. The van der Waals surface area contributed by atoms with E-state index in [1.54, 1.807) is 0 Å². The number of nitrogens with one attached hydrogen (secondary N) is 2. The average Bonchev–Trinajstić information content (AvgIpc) is 3.17. The summed E-state index contributed by atoms with van der Waals surface area (Å²) in [5.74, 6) is 0.689. The molecule has 6 heteroatoms. The number of aromatic nitrogens is 1. The molecule has 3 aromatic rings. The summed E-state index contributed by atoms with van der Waals surface area (Å²) in [4.78, 5) is 17.9. The van der Waals surface area contributed by atoms with Crippen molar-refractivity contribution in [2.45, 2.75) is 6.61 Å². The van der Waals surface area contributed by atoms with E-state index in [4.69, 9.17) is 9.47 Å². The number of carbonyl (C=O) groups is 1. The molecule has 0 aliphatic carbocycles. The molecule has 1 fully saturated rings. The zero-order valence-corrected chi connectivity index (χ0v) is 15.8. The lowest BCUT2D eigenvalue weighted by molar-refractivity contribution is 0.0383. The first-order valence-electron chi connectivity index (χ1n) is 9.66. The van der Waals surface area contributed by atoms with Crippen LogP contribution in [0.1, 0.15) is 16.1 Å². The number of aromatic amines is 1. The average molecular weight is 379 g/mol. The minimum absolute atomic E-state index is 0.0868. The summed E-state index contributed by atoms with van der Waals surface area (Å²) in [6.45, 7) is 5.37. The monoisotopic (exact) mass is 379 g/mol. The van der Waals surface area contributed by atoms with Crippen LogP contribution in [-0.2, 0) is 11.3 Å². The number of morpholine rings is 1. The maximum Gasteiger partial charge on any atom is 0.267 e.